The number of amides is 6. The molecule has 9 rings (SSSR count). The zero-order chi connectivity index (χ0) is 36.1. The van der Waals surface area contributed by atoms with Crippen LogP contribution in [0.4, 0.5) is 15.8 Å². The van der Waals surface area contributed by atoms with E-state index in [-0.39, 0.29) is 35.8 Å². The minimum Gasteiger partial charge on any atom is -0.371 e. The number of likely N-dealkylation sites (tertiary alicyclic amines) is 1. The number of anilines is 2. The lowest BCUT2D eigenvalue weighted by Gasteiger charge is -2.48. The number of halogens is 1. The van der Waals surface area contributed by atoms with Crippen LogP contribution >= 0.6 is 0 Å². The molecule has 14 heteroatoms. The molecule has 3 fully saturated rings. The van der Waals surface area contributed by atoms with Crippen LogP contribution in [0.1, 0.15) is 85.7 Å². The second-order valence-electron chi connectivity index (χ2n) is 14.4. The van der Waals surface area contributed by atoms with Crippen LogP contribution in [-0.4, -0.2) is 94.7 Å². The van der Waals surface area contributed by atoms with E-state index in [0.717, 1.165) is 33.1 Å². The molecule has 3 saturated heterocycles. The number of aromatic amines is 1. The first-order valence-corrected chi connectivity index (χ1v) is 17.6. The molecule has 1 atom stereocenters. The molecule has 1 aromatic heterocycles. The van der Waals surface area contributed by atoms with Crippen molar-refractivity contribution in [3.63, 3.8) is 0 Å². The minimum atomic E-state index is -1.03. The number of hydrogen-bond acceptors (Lipinski definition) is 8. The third kappa shape index (κ3) is 4.91. The summed E-state index contributed by atoms with van der Waals surface area (Å²) >= 11 is 0. The number of nitrogens with one attached hydrogen (secondary N) is 3. The van der Waals surface area contributed by atoms with E-state index in [1.807, 2.05) is 11.8 Å². The van der Waals surface area contributed by atoms with Gasteiger partial charge in [0.2, 0.25) is 11.8 Å². The molecule has 3 N–H and O–H groups in total. The van der Waals surface area contributed by atoms with Crippen LogP contribution in [0.2, 0.25) is 0 Å². The SMILES string of the molecule is Cc1[nH]c2c(c1C(=O)N1CCC3(CC1)CN(c1ccc4c(c1)C(=O)N(C1CCC(=O)NC1=O)C4=O)CCO3)CC/C2=C1/C(=O)Nc2ccc(F)cc21. The number of aromatic nitrogens is 1. The number of morpholine rings is 1. The first-order chi connectivity index (χ1) is 25.0. The maximum atomic E-state index is 14.2. The Kier molecular flexibility index (Phi) is 7.27. The second kappa shape index (κ2) is 11.7. The maximum Gasteiger partial charge on any atom is 0.262 e. The van der Waals surface area contributed by atoms with Crippen LogP contribution in [0.3, 0.4) is 0 Å². The van der Waals surface area contributed by atoms with Gasteiger partial charge in [-0.2, -0.15) is 0 Å². The van der Waals surface area contributed by atoms with Crippen molar-refractivity contribution in [1.82, 2.24) is 20.1 Å². The molecular weight excluding hydrogens is 671 g/mol. The minimum absolute atomic E-state index is 0.0544. The average molecular weight is 707 g/mol. The predicted octanol–water partition coefficient (Wildman–Crippen LogP) is 3.18. The molecule has 6 heterocycles. The highest BCUT2D eigenvalue weighted by atomic mass is 19.1. The number of fused-ring (bicyclic) bond motifs is 3. The van der Waals surface area contributed by atoms with E-state index >= 15 is 0 Å². The van der Waals surface area contributed by atoms with Gasteiger partial charge < -0.3 is 24.8 Å². The van der Waals surface area contributed by atoms with Crippen LogP contribution in [0, 0.1) is 12.7 Å². The van der Waals surface area contributed by atoms with E-state index in [2.05, 4.69) is 20.5 Å². The number of nitrogens with zero attached hydrogens (tertiary/aromatic N) is 3. The summed E-state index contributed by atoms with van der Waals surface area (Å²) in [6, 6.07) is 8.35. The summed E-state index contributed by atoms with van der Waals surface area (Å²) in [5, 5.41) is 5.05. The van der Waals surface area contributed by atoms with Gasteiger partial charge in [-0.1, -0.05) is 0 Å². The van der Waals surface area contributed by atoms with Crippen molar-refractivity contribution in [2.75, 3.05) is 43.0 Å². The van der Waals surface area contributed by atoms with Gasteiger partial charge in [-0.3, -0.25) is 39.0 Å². The highest BCUT2D eigenvalue weighted by Gasteiger charge is 2.46. The first-order valence-electron chi connectivity index (χ1n) is 17.6. The largest absolute Gasteiger partial charge is 0.371 e. The van der Waals surface area contributed by atoms with E-state index in [4.69, 9.17) is 4.74 Å². The van der Waals surface area contributed by atoms with Gasteiger partial charge in [-0.05, 0) is 86.6 Å². The van der Waals surface area contributed by atoms with Crippen LogP contribution in [-0.2, 0) is 25.5 Å². The second-order valence-corrected chi connectivity index (χ2v) is 14.4. The smallest absolute Gasteiger partial charge is 0.262 e. The Bertz CT molecular complexity index is 2200. The van der Waals surface area contributed by atoms with Gasteiger partial charge in [0.05, 0.1) is 34.5 Å². The number of carbonyl (C=O) groups is 6. The number of ether oxygens (including phenoxy) is 1. The van der Waals surface area contributed by atoms with Crippen molar-refractivity contribution >= 4 is 58.0 Å². The highest BCUT2D eigenvalue weighted by molar-refractivity contribution is 6.37. The molecule has 1 aliphatic carbocycles. The summed E-state index contributed by atoms with van der Waals surface area (Å²) in [5.41, 5.74) is 6.02. The quantitative estimate of drug-likeness (QED) is 0.277. The third-order valence-corrected chi connectivity index (χ3v) is 11.5. The van der Waals surface area contributed by atoms with E-state index in [9.17, 15) is 33.2 Å². The van der Waals surface area contributed by atoms with Gasteiger partial charge >= 0.3 is 0 Å². The Hall–Kier alpha value is -5.63. The summed E-state index contributed by atoms with van der Waals surface area (Å²) in [4.78, 5) is 86.2. The molecule has 6 amide bonds. The molecule has 13 nitrogen and oxygen atoms in total. The lowest BCUT2D eigenvalue weighted by Crippen LogP contribution is -2.57. The van der Waals surface area contributed by atoms with Crippen LogP contribution < -0.4 is 15.5 Å². The van der Waals surface area contributed by atoms with Crippen molar-refractivity contribution in [2.45, 2.75) is 57.1 Å². The molecule has 5 aliphatic heterocycles. The number of H-pyrrole nitrogens is 1. The lowest BCUT2D eigenvalue weighted by atomic mass is 9.88. The van der Waals surface area contributed by atoms with Crippen molar-refractivity contribution in [3.05, 3.63) is 81.4 Å². The molecule has 0 bridgehead atoms. The number of imide groups is 2. The van der Waals surface area contributed by atoms with Crippen LogP contribution in [0.15, 0.2) is 36.4 Å². The Morgan fingerprint density at radius 1 is 0.904 bits per heavy atom. The Morgan fingerprint density at radius 2 is 1.69 bits per heavy atom. The fourth-order valence-corrected chi connectivity index (χ4v) is 8.84. The molecule has 3 aromatic rings. The fraction of sp³-hybridized carbons (Fsp3) is 0.368. The molecule has 1 spiro atoms. The third-order valence-electron chi connectivity index (χ3n) is 11.5. The molecule has 266 valence electrons. The van der Waals surface area contributed by atoms with E-state index in [1.54, 1.807) is 24.3 Å². The lowest BCUT2D eigenvalue weighted by molar-refractivity contribution is -0.136. The number of carbonyl (C=O) groups excluding carboxylic acids is 6. The van der Waals surface area contributed by atoms with Gasteiger partial charge in [0, 0.05) is 60.9 Å². The van der Waals surface area contributed by atoms with Crippen molar-refractivity contribution in [3.8, 4) is 0 Å². The van der Waals surface area contributed by atoms with E-state index in [1.165, 1.54) is 12.1 Å². The van der Waals surface area contributed by atoms with Gasteiger partial charge in [0.25, 0.3) is 23.6 Å². The number of allylic oxidation sites excluding steroid dienone is 1. The molecule has 0 saturated carbocycles. The molecule has 6 aliphatic rings. The molecular formula is C38H35FN6O7. The van der Waals surface area contributed by atoms with Crippen LogP contribution in [0.25, 0.3) is 11.1 Å². The van der Waals surface area contributed by atoms with Crippen molar-refractivity contribution < 1.29 is 37.9 Å². The van der Waals surface area contributed by atoms with E-state index in [0.29, 0.717) is 80.9 Å². The number of rotatable bonds is 3. The first kappa shape index (κ1) is 32.3. The monoisotopic (exact) mass is 706 g/mol. The van der Waals surface area contributed by atoms with Crippen LogP contribution in [0.5, 0.6) is 0 Å². The van der Waals surface area contributed by atoms with Gasteiger partial charge in [0.15, 0.2) is 0 Å². The summed E-state index contributed by atoms with van der Waals surface area (Å²) in [6.07, 6.45) is 2.50. The number of benzene rings is 2. The van der Waals surface area contributed by atoms with Gasteiger partial charge in [0.1, 0.15) is 11.9 Å². The Labute approximate surface area is 297 Å². The molecule has 1 unspecified atom stereocenters. The molecule has 2 aromatic carbocycles. The summed E-state index contributed by atoms with van der Waals surface area (Å²) in [5.74, 6) is -2.94. The number of aryl methyl sites for hydroxylation is 1. The molecule has 0 radical (unpaired) electrons. The number of hydrogen-bond donors (Lipinski definition) is 3. The van der Waals surface area contributed by atoms with Crippen molar-refractivity contribution in [2.24, 2.45) is 0 Å². The summed E-state index contributed by atoms with van der Waals surface area (Å²) < 4.78 is 20.5. The van der Waals surface area contributed by atoms with E-state index < -0.39 is 41.1 Å². The molecule has 52 heavy (non-hydrogen) atoms. The summed E-state index contributed by atoms with van der Waals surface area (Å²) in [6.45, 7) is 4.38. The van der Waals surface area contributed by atoms with Gasteiger partial charge in [-0.15, -0.1) is 0 Å². The van der Waals surface area contributed by atoms with Crippen molar-refractivity contribution in [1.29, 1.82) is 0 Å². The average Bonchev–Trinajstić information content (AvgIpc) is 3.83. The normalized spacial score (nSPS) is 23.6. The zero-order valence-corrected chi connectivity index (χ0v) is 28.4. The summed E-state index contributed by atoms with van der Waals surface area (Å²) in [7, 11) is 0. The topological polar surface area (TPSA) is 161 Å². The number of piperidine rings is 2. The Morgan fingerprint density at radius 3 is 2.48 bits per heavy atom. The van der Waals surface area contributed by atoms with Gasteiger partial charge in [-0.25, -0.2) is 4.39 Å². The maximum absolute atomic E-state index is 14.2. The fourth-order valence-electron chi connectivity index (χ4n) is 8.84. The zero-order valence-electron chi connectivity index (χ0n) is 28.4. The highest BCUT2D eigenvalue weighted by Crippen LogP contribution is 2.45. The standard InChI is InChI=1S/C38H35FN6O7/c1-19-30(23-5-6-24(32(23)40-19)31-26-16-20(39)2-7-27(26)41-34(31)48)37(51)43-12-10-38(11-13-43)18-44(14-15-52-38)21-3-4-22-25(17-21)36(50)45(35(22)49)28-8-9-29(46)42-33(28)47/h2-4,7,16-17,28,40H,5-6,8-15,18H2,1H3,(H,41,48)(H,42,46,47)/b31-24-. The predicted molar refractivity (Wildman–Crippen MR) is 185 cm³/mol. The Balaban J connectivity index is 0.901.